The summed E-state index contributed by atoms with van der Waals surface area (Å²) >= 11 is 3.88. The quantitative estimate of drug-likeness (QED) is 0.171. The summed E-state index contributed by atoms with van der Waals surface area (Å²) < 4.78 is 0. The lowest BCUT2D eigenvalue weighted by Crippen LogP contribution is -2.58. The predicted molar refractivity (Wildman–Crippen MR) is 105 cm³/mol. The zero-order valence-electron chi connectivity index (χ0n) is 16.0. The number of hydrogen-bond acceptors (Lipinski definition) is 8. The standard InChI is InChI=1S/C16H26N6O6S/c1-7(20-15(26)12(17)8(2)23)13(24)21-10(3-9-4-18-6-19-9)14(25)22-11(5-29)16(27)28/h4,6-8,10-12,23,29H,3,5,17H2,1-2H3,(H,18,19)(H,20,26)(H,21,24)(H,22,25)(H,27,28). The first-order chi connectivity index (χ1) is 13.6. The number of imidazole rings is 1. The maximum Gasteiger partial charge on any atom is 0.327 e. The molecule has 0 bridgehead atoms. The number of nitrogens with zero attached hydrogens (tertiary/aromatic N) is 1. The lowest BCUT2D eigenvalue weighted by molar-refractivity contribution is -0.141. The minimum absolute atomic E-state index is 0.00430. The number of aromatic nitrogens is 2. The van der Waals surface area contributed by atoms with Gasteiger partial charge in [-0.1, -0.05) is 0 Å². The molecule has 1 heterocycles. The number of aliphatic hydroxyl groups is 1. The SMILES string of the molecule is CC(NC(=O)C(N)C(C)O)C(=O)NC(Cc1cnc[nH]1)C(=O)NC(CS)C(=O)O. The fourth-order valence-corrected chi connectivity index (χ4v) is 2.42. The molecule has 0 aliphatic carbocycles. The summed E-state index contributed by atoms with van der Waals surface area (Å²) in [5, 5.41) is 25.5. The highest BCUT2D eigenvalue weighted by atomic mass is 32.1. The molecule has 0 aliphatic heterocycles. The van der Waals surface area contributed by atoms with Gasteiger partial charge in [-0.2, -0.15) is 12.6 Å². The van der Waals surface area contributed by atoms with E-state index in [-0.39, 0.29) is 12.2 Å². The van der Waals surface area contributed by atoms with Crippen molar-refractivity contribution in [2.75, 3.05) is 5.75 Å². The Bertz CT molecular complexity index is 713. The van der Waals surface area contributed by atoms with Crippen molar-refractivity contribution in [2.24, 2.45) is 5.73 Å². The average Bonchev–Trinajstić information content (AvgIpc) is 3.17. The Morgan fingerprint density at radius 1 is 1.14 bits per heavy atom. The summed E-state index contributed by atoms with van der Waals surface area (Å²) in [6.07, 6.45) is 1.73. The van der Waals surface area contributed by atoms with Gasteiger partial charge in [-0.15, -0.1) is 0 Å². The van der Waals surface area contributed by atoms with Crippen LogP contribution in [0, 0.1) is 0 Å². The van der Waals surface area contributed by atoms with E-state index in [2.05, 4.69) is 38.5 Å². The zero-order valence-corrected chi connectivity index (χ0v) is 16.8. The predicted octanol–water partition coefficient (Wildman–Crippen LogP) is -2.85. The number of aliphatic carboxylic acids is 1. The number of carbonyl (C=O) groups is 4. The van der Waals surface area contributed by atoms with Crippen LogP contribution in [0.2, 0.25) is 0 Å². The molecule has 0 aliphatic rings. The molecule has 0 spiro atoms. The largest absolute Gasteiger partial charge is 0.480 e. The molecule has 13 heteroatoms. The van der Waals surface area contributed by atoms with Gasteiger partial charge >= 0.3 is 5.97 Å². The molecule has 0 aromatic carbocycles. The molecular weight excluding hydrogens is 404 g/mol. The molecular formula is C16H26N6O6S. The van der Waals surface area contributed by atoms with Crippen LogP contribution in [0.1, 0.15) is 19.5 Å². The molecule has 5 unspecified atom stereocenters. The van der Waals surface area contributed by atoms with Crippen molar-refractivity contribution in [3.63, 3.8) is 0 Å². The molecule has 1 aromatic heterocycles. The number of nitrogens with one attached hydrogen (secondary N) is 4. The van der Waals surface area contributed by atoms with E-state index < -0.39 is 54.0 Å². The van der Waals surface area contributed by atoms with Crippen LogP contribution in [0.4, 0.5) is 0 Å². The summed E-state index contributed by atoms with van der Waals surface area (Å²) in [4.78, 5) is 54.6. The van der Waals surface area contributed by atoms with E-state index in [0.29, 0.717) is 5.69 Å². The monoisotopic (exact) mass is 430 g/mol. The molecule has 0 radical (unpaired) electrons. The number of carbonyl (C=O) groups excluding carboxylic acids is 3. The van der Waals surface area contributed by atoms with Crippen LogP contribution in [-0.2, 0) is 25.6 Å². The van der Waals surface area contributed by atoms with Gasteiger partial charge < -0.3 is 36.9 Å². The van der Waals surface area contributed by atoms with Gasteiger partial charge in [0.15, 0.2) is 0 Å². The van der Waals surface area contributed by atoms with Gasteiger partial charge in [0.1, 0.15) is 24.2 Å². The maximum absolute atomic E-state index is 12.5. The van der Waals surface area contributed by atoms with Crippen molar-refractivity contribution >= 4 is 36.3 Å². The number of rotatable bonds is 11. The van der Waals surface area contributed by atoms with E-state index in [4.69, 9.17) is 10.8 Å². The maximum atomic E-state index is 12.5. The topological polar surface area (TPSA) is 200 Å². The van der Waals surface area contributed by atoms with Crippen molar-refractivity contribution in [1.29, 1.82) is 0 Å². The number of aromatic amines is 1. The van der Waals surface area contributed by atoms with Crippen molar-refractivity contribution in [2.45, 2.75) is 50.5 Å². The number of H-pyrrole nitrogens is 1. The van der Waals surface area contributed by atoms with Crippen LogP contribution < -0.4 is 21.7 Å². The smallest absolute Gasteiger partial charge is 0.327 e. The van der Waals surface area contributed by atoms with Gasteiger partial charge in [0.05, 0.1) is 12.4 Å². The Morgan fingerprint density at radius 2 is 1.76 bits per heavy atom. The van der Waals surface area contributed by atoms with E-state index in [1.54, 1.807) is 0 Å². The second-order valence-corrected chi connectivity index (χ2v) is 6.79. The number of amides is 3. The third-order valence-corrected chi connectivity index (χ3v) is 4.35. The van der Waals surface area contributed by atoms with E-state index in [1.165, 1.54) is 26.4 Å². The molecule has 1 aromatic rings. The van der Waals surface area contributed by atoms with Crippen LogP contribution in [-0.4, -0.2) is 79.9 Å². The normalized spacial score (nSPS) is 16.0. The zero-order chi connectivity index (χ0) is 22.1. The van der Waals surface area contributed by atoms with Crippen molar-refractivity contribution in [3.8, 4) is 0 Å². The van der Waals surface area contributed by atoms with Crippen molar-refractivity contribution in [3.05, 3.63) is 18.2 Å². The van der Waals surface area contributed by atoms with Crippen LogP contribution in [0.5, 0.6) is 0 Å². The lowest BCUT2D eigenvalue weighted by Gasteiger charge is -2.23. The Balaban J connectivity index is 2.84. The first kappa shape index (κ1) is 24.4. The lowest BCUT2D eigenvalue weighted by atomic mass is 10.1. The molecule has 0 saturated carbocycles. The molecule has 29 heavy (non-hydrogen) atoms. The highest BCUT2D eigenvalue weighted by Crippen LogP contribution is 2.02. The fraction of sp³-hybridized carbons (Fsp3) is 0.562. The molecule has 0 fully saturated rings. The van der Waals surface area contributed by atoms with Gasteiger partial charge in [0.2, 0.25) is 17.7 Å². The molecule has 5 atom stereocenters. The first-order valence-corrected chi connectivity index (χ1v) is 9.35. The van der Waals surface area contributed by atoms with E-state index in [1.807, 2.05) is 0 Å². The highest BCUT2D eigenvalue weighted by Gasteiger charge is 2.29. The van der Waals surface area contributed by atoms with Gasteiger partial charge in [-0.3, -0.25) is 14.4 Å². The molecule has 12 nitrogen and oxygen atoms in total. The Hall–Kier alpha value is -2.64. The molecule has 8 N–H and O–H groups in total. The average molecular weight is 430 g/mol. The Kier molecular flexibility index (Phi) is 9.58. The van der Waals surface area contributed by atoms with Gasteiger partial charge in [0, 0.05) is 24.1 Å². The first-order valence-electron chi connectivity index (χ1n) is 8.72. The van der Waals surface area contributed by atoms with E-state index in [0.717, 1.165) is 0 Å². The fourth-order valence-electron chi connectivity index (χ4n) is 2.17. The van der Waals surface area contributed by atoms with E-state index in [9.17, 15) is 24.3 Å². The van der Waals surface area contributed by atoms with E-state index >= 15 is 0 Å². The second kappa shape index (κ2) is 11.4. The Morgan fingerprint density at radius 3 is 2.24 bits per heavy atom. The summed E-state index contributed by atoms with van der Waals surface area (Å²) in [5.41, 5.74) is 6.04. The second-order valence-electron chi connectivity index (χ2n) is 6.42. The number of carboxylic acids is 1. The van der Waals surface area contributed by atoms with Crippen LogP contribution in [0.25, 0.3) is 0 Å². The molecule has 162 valence electrons. The minimum Gasteiger partial charge on any atom is -0.480 e. The summed E-state index contributed by atoms with van der Waals surface area (Å²) in [6, 6.07) is -4.67. The number of nitrogens with two attached hydrogens (primary N) is 1. The van der Waals surface area contributed by atoms with Gasteiger partial charge in [-0.05, 0) is 13.8 Å². The number of aliphatic hydroxyl groups excluding tert-OH is 1. The van der Waals surface area contributed by atoms with Crippen LogP contribution in [0.15, 0.2) is 12.5 Å². The summed E-state index contributed by atoms with van der Waals surface area (Å²) in [7, 11) is 0. The third-order valence-electron chi connectivity index (χ3n) is 3.98. The number of hydrogen-bond donors (Lipinski definition) is 8. The van der Waals surface area contributed by atoms with Crippen molar-refractivity contribution < 1.29 is 29.4 Å². The summed E-state index contributed by atoms with van der Waals surface area (Å²) in [5.74, 6) is -3.59. The highest BCUT2D eigenvalue weighted by molar-refractivity contribution is 7.80. The molecule has 3 amide bonds. The van der Waals surface area contributed by atoms with Crippen molar-refractivity contribution in [1.82, 2.24) is 25.9 Å². The molecule has 1 rings (SSSR count). The van der Waals surface area contributed by atoms with Crippen LogP contribution >= 0.6 is 12.6 Å². The summed E-state index contributed by atoms with van der Waals surface area (Å²) in [6.45, 7) is 2.71. The number of carboxylic acid groups (broad SMARTS) is 1. The molecule has 0 saturated heterocycles. The van der Waals surface area contributed by atoms with Crippen LogP contribution in [0.3, 0.4) is 0 Å². The minimum atomic E-state index is -1.27. The Labute approximate surface area is 172 Å². The van der Waals surface area contributed by atoms with Gasteiger partial charge in [-0.25, -0.2) is 9.78 Å². The number of thiol groups is 1. The third kappa shape index (κ3) is 7.71. The van der Waals surface area contributed by atoms with Gasteiger partial charge in [0.25, 0.3) is 0 Å².